The molecule has 0 saturated carbocycles. The summed E-state index contributed by atoms with van der Waals surface area (Å²) in [6.45, 7) is 2.39. The van der Waals surface area contributed by atoms with Gasteiger partial charge >= 0.3 is 11.9 Å². The van der Waals surface area contributed by atoms with E-state index in [0.29, 0.717) is 18.5 Å². The van der Waals surface area contributed by atoms with Crippen molar-refractivity contribution in [1.29, 1.82) is 0 Å². The van der Waals surface area contributed by atoms with Crippen LogP contribution < -0.4 is 0 Å². The quantitative estimate of drug-likeness (QED) is 0.662. The minimum Gasteiger partial charge on any atom is -0.478 e. The number of aromatic carboxylic acids is 2. The molecule has 6 heteroatoms. The first-order valence-corrected chi connectivity index (χ1v) is 8.72. The van der Waals surface area contributed by atoms with Crippen molar-refractivity contribution in [3.63, 3.8) is 0 Å². The number of hydrogen-bond donors (Lipinski definition) is 2. The van der Waals surface area contributed by atoms with Crippen molar-refractivity contribution in [3.05, 3.63) is 77.1 Å². The number of nitrogens with zero attached hydrogens (tertiary/aromatic N) is 2. The number of aromatic nitrogens is 2. The molecule has 0 amide bonds. The molecule has 3 rings (SSSR count). The van der Waals surface area contributed by atoms with E-state index >= 15 is 0 Å². The van der Waals surface area contributed by atoms with Crippen LogP contribution in [0.25, 0.3) is 11.1 Å². The molecule has 6 nitrogen and oxygen atoms in total. The molecule has 0 saturated heterocycles. The number of aryl methyl sites for hydroxylation is 1. The van der Waals surface area contributed by atoms with Crippen LogP contribution in [0, 0.1) is 0 Å². The molecule has 0 unspecified atom stereocenters. The highest BCUT2D eigenvalue weighted by Crippen LogP contribution is 2.28. The SMILES string of the molecule is CCCc1cc(C(=O)O)nn1Cc1ccccc1-c1ccccc1C(=O)O. The Morgan fingerprint density at radius 3 is 2.30 bits per heavy atom. The van der Waals surface area contributed by atoms with E-state index < -0.39 is 11.9 Å². The van der Waals surface area contributed by atoms with Crippen molar-refractivity contribution in [2.75, 3.05) is 0 Å². The molecule has 0 spiro atoms. The number of hydrogen-bond acceptors (Lipinski definition) is 3. The second kappa shape index (κ2) is 7.86. The summed E-state index contributed by atoms with van der Waals surface area (Å²) < 4.78 is 1.69. The van der Waals surface area contributed by atoms with E-state index in [9.17, 15) is 19.8 Å². The molecule has 0 aliphatic rings. The molecule has 0 aliphatic heterocycles. The number of carbonyl (C=O) groups is 2. The zero-order valence-electron chi connectivity index (χ0n) is 14.9. The largest absolute Gasteiger partial charge is 0.478 e. The van der Waals surface area contributed by atoms with Crippen LogP contribution >= 0.6 is 0 Å². The summed E-state index contributed by atoms with van der Waals surface area (Å²) in [5, 5.41) is 23.0. The third-order valence-electron chi connectivity index (χ3n) is 4.37. The predicted octanol–water partition coefficient (Wildman–Crippen LogP) is 3.95. The summed E-state index contributed by atoms with van der Waals surface area (Å²) in [6.07, 6.45) is 1.59. The molecule has 0 fully saturated rings. The molecule has 1 heterocycles. The highest BCUT2D eigenvalue weighted by molar-refractivity contribution is 5.96. The average Bonchev–Trinajstić information content (AvgIpc) is 3.05. The third-order valence-corrected chi connectivity index (χ3v) is 4.37. The molecule has 2 aromatic carbocycles. The smallest absolute Gasteiger partial charge is 0.356 e. The van der Waals surface area contributed by atoms with E-state index in [1.165, 1.54) is 0 Å². The van der Waals surface area contributed by atoms with E-state index in [4.69, 9.17) is 0 Å². The Bertz CT molecular complexity index is 991. The first kappa shape index (κ1) is 18.4. The fraction of sp³-hybridized carbons (Fsp3) is 0.190. The molecule has 1 aromatic heterocycles. The topological polar surface area (TPSA) is 92.4 Å². The fourth-order valence-corrected chi connectivity index (χ4v) is 3.14. The number of carboxylic acid groups (broad SMARTS) is 2. The van der Waals surface area contributed by atoms with Gasteiger partial charge in [0.05, 0.1) is 12.1 Å². The van der Waals surface area contributed by atoms with Gasteiger partial charge in [0.1, 0.15) is 0 Å². The third kappa shape index (κ3) is 3.89. The molecule has 138 valence electrons. The monoisotopic (exact) mass is 364 g/mol. The first-order valence-electron chi connectivity index (χ1n) is 8.72. The summed E-state index contributed by atoms with van der Waals surface area (Å²) in [4.78, 5) is 22.9. The van der Waals surface area contributed by atoms with Gasteiger partial charge in [-0.15, -0.1) is 0 Å². The van der Waals surface area contributed by atoms with Crippen LogP contribution in [0.2, 0.25) is 0 Å². The summed E-state index contributed by atoms with van der Waals surface area (Å²) >= 11 is 0. The van der Waals surface area contributed by atoms with Crippen molar-refractivity contribution >= 4 is 11.9 Å². The number of rotatable bonds is 7. The lowest BCUT2D eigenvalue weighted by atomic mass is 9.95. The predicted molar refractivity (Wildman–Crippen MR) is 101 cm³/mol. The summed E-state index contributed by atoms with van der Waals surface area (Å²) in [5.41, 5.74) is 3.39. The van der Waals surface area contributed by atoms with Gasteiger partial charge < -0.3 is 10.2 Å². The van der Waals surface area contributed by atoms with Gasteiger partial charge in [-0.2, -0.15) is 5.10 Å². The van der Waals surface area contributed by atoms with Gasteiger partial charge in [0.15, 0.2) is 5.69 Å². The highest BCUT2D eigenvalue weighted by Gasteiger charge is 2.17. The zero-order chi connectivity index (χ0) is 19.4. The van der Waals surface area contributed by atoms with Crippen LogP contribution in [0.4, 0.5) is 0 Å². The maximum absolute atomic E-state index is 11.6. The van der Waals surface area contributed by atoms with Crippen LogP contribution in [0.3, 0.4) is 0 Å². The highest BCUT2D eigenvalue weighted by atomic mass is 16.4. The Hall–Kier alpha value is -3.41. The molecular formula is C21H20N2O4. The van der Waals surface area contributed by atoms with Crippen LogP contribution in [0.1, 0.15) is 45.4 Å². The summed E-state index contributed by atoms with van der Waals surface area (Å²) in [6, 6.07) is 16.0. The molecule has 0 aliphatic carbocycles. The minimum atomic E-state index is -1.06. The maximum atomic E-state index is 11.6. The molecule has 3 aromatic rings. The zero-order valence-corrected chi connectivity index (χ0v) is 14.9. The van der Waals surface area contributed by atoms with E-state index in [2.05, 4.69) is 5.10 Å². The molecule has 0 bridgehead atoms. The van der Waals surface area contributed by atoms with Gasteiger partial charge in [-0.05, 0) is 35.2 Å². The molecular weight excluding hydrogens is 344 g/mol. The average molecular weight is 364 g/mol. The van der Waals surface area contributed by atoms with Gasteiger partial charge in [0, 0.05) is 5.69 Å². The Morgan fingerprint density at radius 1 is 0.963 bits per heavy atom. The van der Waals surface area contributed by atoms with Crippen molar-refractivity contribution in [2.24, 2.45) is 0 Å². The normalized spacial score (nSPS) is 10.7. The van der Waals surface area contributed by atoms with Gasteiger partial charge in [0.25, 0.3) is 0 Å². The van der Waals surface area contributed by atoms with E-state index in [-0.39, 0.29) is 11.3 Å². The lowest BCUT2D eigenvalue weighted by Crippen LogP contribution is -2.09. The lowest BCUT2D eigenvalue weighted by Gasteiger charge is -2.13. The minimum absolute atomic E-state index is 0.0156. The molecule has 2 N–H and O–H groups in total. The fourth-order valence-electron chi connectivity index (χ4n) is 3.14. The Labute approximate surface area is 156 Å². The van der Waals surface area contributed by atoms with E-state index in [1.807, 2.05) is 31.2 Å². The first-order chi connectivity index (χ1) is 13.0. The Balaban J connectivity index is 2.06. The van der Waals surface area contributed by atoms with E-state index in [1.54, 1.807) is 35.0 Å². The van der Waals surface area contributed by atoms with Crippen molar-refractivity contribution in [1.82, 2.24) is 9.78 Å². The van der Waals surface area contributed by atoms with Crippen LogP contribution in [-0.2, 0) is 13.0 Å². The molecule has 27 heavy (non-hydrogen) atoms. The van der Waals surface area contributed by atoms with Gasteiger partial charge in [-0.1, -0.05) is 55.8 Å². The van der Waals surface area contributed by atoms with E-state index in [0.717, 1.165) is 23.2 Å². The van der Waals surface area contributed by atoms with Crippen LogP contribution in [0.5, 0.6) is 0 Å². The number of carboxylic acids is 2. The van der Waals surface area contributed by atoms with Crippen LogP contribution in [0.15, 0.2) is 54.6 Å². The standard InChI is InChI=1S/C21H20N2O4/c1-2-7-15-12-19(21(26)27)22-23(15)13-14-8-3-4-9-16(14)17-10-5-6-11-18(17)20(24)25/h3-6,8-12H,2,7,13H2,1H3,(H,24,25)(H,26,27). The Kier molecular flexibility index (Phi) is 5.35. The second-order valence-electron chi connectivity index (χ2n) is 6.24. The molecule has 0 atom stereocenters. The maximum Gasteiger partial charge on any atom is 0.356 e. The van der Waals surface area contributed by atoms with Gasteiger partial charge in [-0.25, -0.2) is 9.59 Å². The van der Waals surface area contributed by atoms with Crippen molar-refractivity contribution in [3.8, 4) is 11.1 Å². The Morgan fingerprint density at radius 2 is 1.63 bits per heavy atom. The second-order valence-corrected chi connectivity index (χ2v) is 6.24. The number of benzene rings is 2. The summed E-state index contributed by atoms with van der Waals surface area (Å²) in [5.74, 6) is -2.05. The van der Waals surface area contributed by atoms with Gasteiger partial charge in [-0.3, -0.25) is 4.68 Å². The lowest BCUT2D eigenvalue weighted by molar-refractivity contribution is 0.0682. The van der Waals surface area contributed by atoms with Gasteiger partial charge in [0.2, 0.25) is 0 Å². The summed E-state index contributed by atoms with van der Waals surface area (Å²) in [7, 11) is 0. The molecule has 0 radical (unpaired) electrons. The van der Waals surface area contributed by atoms with Crippen molar-refractivity contribution < 1.29 is 19.8 Å². The van der Waals surface area contributed by atoms with Crippen LogP contribution in [-0.4, -0.2) is 31.9 Å². The van der Waals surface area contributed by atoms with Crippen molar-refractivity contribution in [2.45, 2.75) is 26.3 Å².